The summed E-state index contributed by atoms with van der Waals surface area (Å²) in [7, 11) is 0. The van der Waals surface area contributed by atoms with E-state index in [0.29, 0.717) is 11.2 Å². The van der Waals surface area contributed by atoms with Crippen LogP contribution in [-0.4, -0.2) is 60.9 Å². The Balaban J connectivity index is 1.68. The molecule has 0 aromatic carbocycles. The Bertz CT molecular complexity index is 874. The number of hydrogen-bond acceptors (Lipinski definition) is 8. The average Bonchev–Trinajstić information content (AvgIpc) is 3.25. The molecule has 2 saturated heterocycles. The van der Waals surface area contributed by atoms with Gasteiger partial charge in [-0.25, -0.2) is 15.0 Å². The number of nitrogens with one attached hydrogen (secondary N) is 1. The SMILES string of the molecule is CCC(=O)NC(O)[C@H]1O[C@@H](n2cnc3c(Cl)ncnc32)[C@@H]2OC(C)(C)O[C@@H]21. The number of amides is 1. The fourth-order valence-electron chi connectivity index (χ4n) is 3.44. The van der Waals surface area contributed by atoms with Gasteiger partial charge < -0.3 is 24.6 Å². The molecule has 2 aromatic heterocycles. The highest BCUT2D eigenvalue weighted by atomic mass is 35.5. The van der Waals surface area contributed by atoms with Gasteiger partial charge in [0, 0.05) is 6.42 Å². The van der Waals surface area contributed by atoms with E-state index < -0.39 is 36.6 Å². The van der Waals surface area contributed by atoms with E-state index in [1.54, 1.807) is 25.3 Å². The summed E-state index contributed by atoms with van der Waals surface area (Å²) < 4.78 is 19.6. The highest BCUT2D eigenvalue weighted by molar-refractivity contribution is 6.33. The number of ether oxygens (including phenoxy) is 3. The van der Waals surface area contributed by atoms with Crippen LogP contribution in [0.1, 0.15) is 33.4 Å². The first-order valence-corrected chi connectivity index (χ1v) is 9.00. The molecule has 1 unspecified atom stereocenters. The van der Waals surface area contributed by atoms with Crippen LogP contribution in [0.25, 0.3) is 11.2 Å². The van der Waals surface area contributed by atoms with Gasteiger partial charge in [0.2, 0.25) is 5.91 Å². The van der Waals surface area contributed by atoms with Crippen LogP contribution in [0.2, 0.25) is 5.15 Å². The summed E-state index contributed by atoms with van der Waals surface area (Å²) in [6.07, 6.45) is -0.777. The number of carbonyl (C=O) groups is 1. The molecule has 146 valence electrons. The van der Waals surface area contributed by atoms with Gasteiger partial charge in [-0.2, -0.15) is 0 Å². The Morgan fingerprint density at radius 2 is 2.11 bits per heavy atom. The van der Waals surface area contributed by atoms with E-state index in [1.807, 2.05) is 0 Å². The van der Waals surface area contributed by atoms with Crippen molar-refractivity contribution in [3.05, 3.63) is 17.8 Å². The van der Waals surface area contributed by atoms with Crippen molar-refractivity contribution in [1.82, 2.24) is 24.8 Å². The molecule has 11 heteroatoms. The summed E-state index contributed by atoms with van der Waals surface area (Å²) in [4.78, 5) is 24.1. The van der Waals surface area contributed by atoms with Gasteiger partial charge in [0.25, 0.3) is 0 Å². The summed E-state index contributed by atoms with van der Waals surface area (Å²) >= 11 is 6.07. The van der Waals surface area contributed by atoms with Gasteiger partial charge in [-0.3, -0.25) is 9.36 Å². The van der Waals surface area contributed by atoms with Crippen LogP contribution in [0.4, 0.5) is 0 Å². The molecule has 4 rings (SSSR count). The van der Waals surface area contributed by atoms with E-state index in [0.717, 1.165) is 0 Å². The lowest BCUT2D eigenvalue weighted by Gasteiger charge is -2.27. The topological polar surface area (TPSA) is 121 Å². The standard InChI is InChI=1S/C16H20ClN5O5/c1-4-7(23)21-14(24)10-9-11(27-16(2,3)26-9)15(25-10)22-6-20-8-12(17)18-5-19-13(8)22/h5-6,9-11,14-15,24H,4H2,1-3H3,(H,21,23)/t9-,10+,11-,14?,15-/m1/s1. The Morgan fingerprint density at radius 3 is 2.85 bits per heavy atom. The first-order chi connectivity index (χ1) is 12.8. The molecular weight excluding hydrogens is 378 g/mol. The third-order valence-electron chi connectivity index (χ3n) is 4.59. The molecule has 0 bridgehead atoms. The van der Waals surface area contributed by atoms with Crippen LogP contribution in [0, 0.1) is 0 Å². The quantitative estimate of drug-likeness (QED) is 0.572. The molecule has 1 amide bonds. The van der Waals surface area contributed by atoms with Crippen LogP contribution in [0.15, 0.2) is 12.7 Å². The van der Waals surface area contributed by atoms with Crippen molar-refractivity contribution in [1.29, 1.82) is 0 Å². The number of hydrogen-bond donors (Lipinski definition) is 2. The third kappa shape index (κ3) is 3.17. The number of halogens is 1. The second-order valence-corrected chi connectivity index (χ2v) is 7.27. The molecule has 2 aromatic rings. The summed E-state index contributed by atoms with van der Waals surface area (Å²) in [5.41, 5.74) is 0.903. The zero-order chi connectivity index (χ0) is 19.3. The van der Waals surface area contributed by atoms with Crippen LogP contribution in [0.3, 0.4) is 0 Å². The van der Waals surface area contributed by atoms with Gasteiger partial charge in [-0.05, 0) is 13.8 Å². The fraction of sp³-hybridized carbons (Fsp3) is 0.625. The minimum absolute atomic E-state index is 0.226. The Labute approximate surface area is 159 Å². The van der Waals surface area contributed by atoms with E-state index in [1.165, 1.54) is 12.7 Å². The molecule has 2 N–H and O–H groups in total. The highest BCUT2D eigenvalue weighted by Gasteiger charge is 2.58. The maximum Gasteiger partial charge on any atom is 0.221 e. The molecule has 2 aliphatic heterocycles. The predicted octanol–water partition coefficient (Wildman–Crippen LogP) is 0.742. The summed E-state index contributed by atoms with van der Waals surface area (Å²) in [6, 6.07) is 0. The van der Waals surface area contributed by atoms with Crippen molar-refractivity contribution in [3.8, 4) is 0 Å². The van der Waals surface area contributed by atoms with Crippen molar-refractivity contribution in [2.45, 2.75) is 63.7 Å². The lowest BCUT2D eigenvalue weighted by atomic mass is 10.1. The van der Waals surface area contributed by atoms with Crippen molar-refractivity contribution in [2.24, 2.45) is 0 Å². The van der Waals surface area contributed by atoms with E-state index in [4.69, 9.17) is 25.8 Å². The van der Waals surface area contributed by atoms with Crippen molar-refractivity contribution >= 4 is 28.7 Å². The van der Waals surface area contributed by atoms with E-state index in [-0.39, 0.29) is 17.5 Å². The average molecular weight is 398 g/mol. The zero-order valence-corrected chi connectivity index (χ0v) is 15.8. The molecule has 27 heavy (non-hydrogen) atoms. The normalized spacial score (nSPS) is 30.4. The number of aliphatic hydroxyl groups excluding tert-OH is 1. The van der Waals surface area contributed by atoms with Gasteiger partial charge in [0.15, 0.2) is 29.0 Å². The number of rotatable bonds is 4. The Kier molecular flexibility index (Phi) is 4.55. The Hall–Kier alpha value is -1.85. The molecule has 0 spiro atoms. The minimum atomic E-state index is -1.25. The monoisotopic (exact) mass is 397 g/mol. The maximum absolute atomic E-state index is 11.7. The van der Waals surface area contributed by atoms with Gasteiger partial charge in [-0.1, -0.05) is 18.5 Å². The molecule has 2 fully saturated rings. The Morgan fingerprint density at radius 1 is 1.37 bits per heavy atom. The number of carbonyl (C=O) groups excluding carboxylic acids is 1. The fourth-order valence-corrected chi connectivity index (χ4v) is 3.62. The van der Waals surface area contributed by atoms with Gasteiger partial charge in [0.1, 0.15) is 30.2 Å². The second kappa shape index (κ2) is 6.64. The lowest BCUT2D eigenvalue weighted by Crippen LogP contribution is -2.48. The summed E-state index contributed by atoms with van der Waals surface area (Å²) in [5.74, 6) is -1.16. The number of imidazole rings is 1. The molecule has 10 nitrogen and oxygen atoms in total. The third-order valence-corrected chi connectivity index (χ3v) is 4.87. The molecule has 2 aliphatic rings. The molecule has 0 aliphatic carbocycles. The number of fused-ring (bicyclic) bond motifs is 2. The summed E-state index contributed by atoms with van der Waals surface area (Å²) in [5, 5.41) is 13.2. The number of aromatic nitrogens is 4. The van der Waals surface area contributed by atoms with E-state index >= 15 is 0 Å². The van der Waals surface area contributed by atoms with Crippen LogP contribution in [-0.2, 0) is 19.0 Å². The van der Waals surface area contributed by atoms with Crippen LogP contribution < -0.4 is 5.32 Å². The highest BCUT2D eigenvalue weighted by Crippen LogP contribution is 2.44. The van der Waals surface area contributed by atoms with Crippen LogP contribution in [0.5, 0.6) is 0 Å². The second-order valence-electron chi connectivity index (χ2n) is 6.91. The minimum Gasteiger partial charge on any atom is -0.371 e. The molecular formula is C16H20ClN5O5. The van der Waals surface area contributed by atoms with Gasteiger partial charge in [0.05, 0.1) is 6.33 Å². The first kappa shape index (κ1) is 18.5. The van der Waals surface area contributed by atoms with Gasteiger partial charge in [-0.15, -0.1) is 0 Å². The first-order valence-electron chi connectivity index (χ1n) is 8.62. The van der Waals surface area contributed by atoms with Crippen molar-refractivity contribution < 1.29 is 24.1 Å². The number of nitrogens with zero attached hydrogens (tertiary/aromatic N) is 4. The summed E-state index contributed by atoms with van der Waals surface area (Å²) in [6.45, 7) is 5.26. The largest absolute Gasteiger partial charge is 0.371 e. The molecule has 0 radical (unpaired) electrons. The van der Waals surface area contributed by atoms with Crippen molar-refractivity contribution in [3.63, 3.8) is 0 Å². The lowest BCUT2D eigenvalue weighted by molar-refractivity contribution is -0.208. The van der Waals surface area contributed by atoms with E-state index in [2.05, 4.69) is 20.3 Å². The molecule has 4 heterocycles. The number of aliphatic hydroxyl groups is 1. The molecule has 5 atom stereocenters. The van der Waals surface area contributed by atoms with E-state index in [9.17, 15) is 9.90 Å². The maximum atomic E-state index is 11.7. The van der Waals surface area contributed by atoms with Crippen LogP contribution >= 0.6 is 11.6 Å². The van der Waals surface area contributed by atoms with Crippen molar-refractivity contribution in [2.75, 3.05) is 0 Å². The predicted molar refractivity (Wildman–Crippen MR) is 92.5 cm³/mol. The molecule has 0 saturated carbocycles. The van der Waals surface area contributed by atoms with Gasteiger partial charge >= 0.3 is 0 Å². The zero-order valence-electron chi connectivity index (χ0n) is 15.0. The smallest absolute Gasteiger partial charge is 0.221 e.